The molecule has 0 amide bonds. The summed E-state index contributed by atoms with van der Waals surface area (Å²) in [6.07, 6.45) is 0.538. The number of halogens is 2. The molecular formula is C11H14Cl2N4O8S2. The maximum atomic E-state index is 12.3. The van der Waals surface area contributed by atoms with Crippen LogP contribution in [0.3, 0.4) is 0 Å². The number of hydrogen-bond acceptors (Lipinski definition) is 9. The van der Waals surface area contributed by atoms with Crippen LogP contribution in [0, 0.1) is 20.2 Å². The van der Waals surface area contributed by atoms with Crippen LogP contribution in [-0.2, 0) is 20.0 Å². The molecule has 1 aromatic rings. The molecule has 0 saturated heterocycles. The van der Waals surface area contributed by atoms with E-state index in [-0.39, 0.29) is 30.5 Å². The lowest BCUT2D eigenvalue weighted by Crippen LogP contribution is -2.31. The first-order chi connectivity index (χ1) is 12.3. The summed E-state index contributed by atoms with van der Waals surface area (Å²) in [6.45, 7) is 0.0395. The number of rotatable bonds is 10. The van der Waals surface area contributed by atoms with Crippen LogP contribution in [0.25, 0.3) is 0 Å². The van der Waals surface area contributed by atoms with Crippen LogP contribution in [-0.4, -0.2) is 57.8 Å². The summed E-state index contributed by atoms with van der Waals surface area (Å²) in [4.78, 5) is 20.7. The Bertz CT molecular complexity index is 945. The Morgan fingerprint density at radius 1 is 1.00 bits per heavy atom. The molecule has 0 aliphatic carbocycles. The minimum absolute atomic E-state index is 0.00525. The molecule has 0 saturated carbocycles. The number of nitro benzene ring substituents is 2. The van der Waals surface area contributed by atoms with Crippen molar-refractivity contribution >= 4 is 60.3 Å². The van der Waals surface area contributed by atoms with E-state index in [4.69, 9.17) is 23.2 Å². The smallest absolute Gasteiger partial charge is 0.299 e. The molecule has 0 aliphatic rings. The van der Waals surface area contributed by atoms with E-state index in [0.717, 1.165) is 0 Å². The van der Waals surface area contributed by atoms with Gasteiger partial charge in [0.2, 0.25) is 10.0 Å². The highest BCUT2D eigenvalue weighted by molar-refractivity contribution is 8.04. The molecule has 0 atom stereocenters. The molecule has 0 bridgehead atoms. The van der Waals surface area contributed by atoms with Crippen LogP contribution in [0.15, 0.2) is 17.0 Å². The van der Waals surface area contributed by atoms with Crippen molar-refractivity contribution in [3.05, 3.63) is 32.4 Å². The van der Waals surface area contributed by atoms with Crippen molar-refractivity contribution in [1.29, 1.82) is 0 Å². The minimum Gasteiger partial charge on any atom is -0.364 e. The monoisotopic (exact) mass is 464 g/mol. The molecular weight excluding hydrogens is 451 g/mol. The first-order valence-electron chi connectivity index (χ1n) is 6.91. The second-order valence-corrected chi connectivity index (χ2v) is 9.46. The van der Waals surface area contributed by atoms with Crippen molar-refractivity contribution in [3.63, 3.8) is 0 Å². The molecule has 0 aliphatic heterocycles. The Morgan fingerprint density at radius 3 is 1.85 bits per heavy atom. The van der Waals surface area contributed by atoms with Crippen molar-refractivity contribution in [2.24, 2.45) is 0 Å². The highest BCUT2D eigenvalue weighted by Crippen LogP contribution is 2.37. The Labute approximate surface area is 164 Å². The Hall–Kier alpha value is -1.74. The first kappa shape index (κ1) is 23.3. The van der Waals surface area contributed by atoms with Gasteiger partial charge >= 0.3 is 0 Å². The largest absolute Gasteiger partial charge is 0.364 e. The van der Waals surface area contributed by atoms with Crippen molar-refractivity contribution in [2.45, 2.75) is 4.90 Å². The number of nitro groups is 2. The number of nitrogens with one attached hydrogen (secondary N) is 1. The zero-order chi connectivity index (χ0) is 21.0. The number of nitrogens with zero attached hydrogens (tertiary/aromatic N) is 3. The van der Waals surface area contributed by atoms with Gasteiger partial charge < -0.3 is 4.90 Å². The lowest BCUT2D eigenvalue weighted by molar-refractivity contribution is -0.395. The van der Waals surface area contributed by atoms with Gasteiger partial charge in [-0.1, -0.05) is 0 Å². The Kier molecular flexibility index (Phi) is 7.74. The number of benzene rings is 1. The van der Waals surface area contributed by atoms with E-state index in [0.29, 0.717) is 18.4 Å². The van der Waals surface area contributed by atoms with E-state index in [1.165, 1.54) is 9.03 Å². The number of anilines is 1. The summed E-state index contributed by atoms with van der Waals surface area (Å²) in [7, 11) is -9.22. The summed E-state index contributed by atoms with van der Waals surface area (Å²) >= 11 is 11.3. The molecule has 0 spiro atoms. The van der Waals surface area contributed by atoms with Gasteiger partial charge in [-0.3, -0.25) is 20.2 Å². The van der Waals surface area contributed by atoms with Crippen LogP contribution in [0.5, 0.6) is 0 Å². The average molecular weight is 465 g/mol. The Balaban J connectivity index is 3.84. The highest BCUT2D eigenvalue weighted by Gasteiger charge is 2.34. The summed E-state index contributed by atoms with van der Waals surface area (Å²) in [5, 5.41) is 22.6. The SMILES string of the molecule is CS(=O)(=O)NS(=O)(=O)c1cc(N(CCCl)CCCl)c([N+](=O)[O-])cc1[N+](=O)[O-]. The summed E-state index contributed by atoms with van der Waals surface area (Å²) in [5.41, 5.74) is -2.21. The maximum Gasteiger partial charge on any atom is 0.299 e. The number of alkyl halides is 2. The summed E-state index contributed by atoms with van der Waals surface area (Å²) in [5.74, 6) is -0.0105. The quantitative estimate of drug-likeness (QED) is 0.301. The van der Waals surface area contributed by atoms with E-state index >= 15 is 0 Å². The molecule has 16 heteroatoms. The van der Waals surface area contributed by atoms with E-state index in [1.54, 1.807) is 0 Å². The number of hydrogen-bond donors (Lipinski definition) is 1. The Morgan fingerprint density at radius 2 is 1.48 bits per heavy atom. The zero-order valence-corrected chi connectivity index (χ0v) is 16.8. The second kappa shape index (κ2) is 8.97. The third-order valence-electron chi connectivity index (χ3n) is 3.05. The molecule has 1 aromatic carbocycles. The number of sulfonamides is 2. The second-order valence-electron chi connectivity index (χ2n) is 5.05. The van der Waals surface area contributed by atoms with E-state index in [9.17, 15) is 37.1 Å². The van der Waals surface area contributed by atoms with Crippen molar-refractivity contribution in [2.75, 3.05) is 36.0 Å². The lowest BCUT2D eigenvalue weighted by atomic mass is 10.2. The van der Waals surface area contributed by atoms with Gasteiger partial charge in [0.25, 0.3) is 21.4 Å². The van der Waals surface area contributed by atoms with Gasteiger partial charge in [-0.25, -0.2) is 16.8 Å². The fourth-order valence-electron chi connectivity index (χ4n) is 2.10. The topological polar surface area (TPSA) is 170 Å². The van der Waals surface area contributed by atoms with Crippen molar-refractivity contribution < 1.29 is 26.7 Å². The van der Waals surface area contributed by atoms with Gasteiger partial charge in [0.1, 0.15) is 5.69 Å². The van der Waals surface area contributed by atoms with E-state index < -0.39 is 46.2 Å². The van der Waals surface area contributed by atoms with Gasteiger partial charge in [0.15, 0.2) is 4.90 Å². The van der Waals surface area contributed by atoms with E-state index in [2.05, 4.69) is 0 Å². The van der Waals surface area contributed by atoms with E-state index in [1.807, 2.05) is 0 Å². The molecule has 27 heavy (non-hydrogen) atoms. The van der Waals surface area contributed by atoms with Crippen LogP contribution in [0.2, 0.25) is 0 Å². The molecule has 152 valence electrons. The highest BCUT2D eigenvalue weighted by atomic mass is 35.5. The molecule has 1 N–H and O–H groups in total. The predicted octanol–water partition coefficient (Wildman–Crippen LogP) is 1.02. The molecule has 0 heterocycles. The van der Waals surface area contributed by atoms with Gasteiger partial charge in [-0.05, 0) is 6.07 Å². The lowest BCUT2D eigenvalue weighted by Gasteiger charge is -2.23. The molecule has 0 radical (unpaired) electrons. The zero-order valence-electron chi connectivity index (χ0n) is 13.7. The fourth-order valence-corrected chi connectivity index (χ4v) is 5.14. The van der Waals surface area contributed by atoms with Gasteiger partial charge in [-0.2, -0.15) is 0 Å². The maximum absolute atomic E-state index is 12.3. The average Bonchev–Trinajstić information content (AvgIpc) is 2.51. The van der Waals surface area contributed by atoms with Crippen molar-refractivity contribution in [1.82, 2.24) is 4.13 Å². The fraction of sp³-hybridized carbons (Fsp3) is 0.455. The van der Waals surface area contributed by atoms with Gasteiger partial charge in [0, 0.05) is 24.8 Å². The molecule has 1 rings (SSSR count). The molecule has 0 fully saturated rings. The molecule has 0 unspecified atom stereocenters. The van der Waals surface area contributed by atoms with Crippen LogP contribution >= 0.6 is 23.2 Å². The standard InChI is InChI=1S/C11H14Cl2N4O8S2/c1-26(22,23)14-27(24,25)11-7-8(15(4-2-12)5-3-13)9(16(18)19)6-10(11)17(20)21/h6-7,14H,2-5H2,1H3. The van der Waals surface area contributed by atoms with Crippen LogP contribution in [0.1, 0.15) is 0 Å². The molecule has 12 nitrogen and oxygen atoms in total. The third-order valence-corrected chi connectivity index (χ3v) is 6.38. The van der Waals surface area contributed by atoms with Crippen molar-refractivity contribution in [3.8, 4) is 0 Å². The first-order valence-corrected chi connectivity index (χ1v) is 11.4. The molecule has 0 aromatic heterocycles. The summed E-state index contributed by atoms with van der Waals surface area (Å²) in [6, 6.07) is 1.10. The summed E-state index contributed by atoms with van der Waals surface area (Å²) < 4.78 is 48.5. The third kappa shape index (κ3) is 6.14. The normalized spacial score (nSPS) is 12.0. The van der Waals surface area contributed by atoms with Gasteiger partial charge in [-0.15, -0.1) is 27.3 Å². The van der Waals surface area contributed by atoms with Crippen LogP contribution in [0.4, 0.5) is 17.1 Å². The van der Waals surface area contributed by atoms with Gasteiger partial charge in [0.05, 0.1) is 22.2 Å². The predicted molar refractivity (Wildman–Crippen MR) is 98.6 cm³/mol. The minimum atomic E-state index is -4.92. The van der Waals surface area contributed by atoms with Crippen LogP contribution < -0.4 is 9.03 Å².